The van der Waals surface area contributed by atoms with E-state index in [1.807, 2.05) is 71.9 Å². The molecule has 0 spiro atoms. The molecule has 0 aromatic heterocycles. The van der Waals surface area contributed by atoms with Crippen molar-refractivity contribution in [2.75, 3.05) is 34.9 Å². The molecular formula is C39H66N6O7. The number of benzene rings is 1. The molecule has 5 amide bonds. The number of nitrogens with two attached hydrogens (primary N) is 1. The highest BCUT2D eigenvalue weighted by Gasteiger charge is 2.43. The van der Waals surface area contributed by atoms with Crippen LogP contribution in [0.2, 0.25) is 0 Å². The number of primary amides is 1. The highest BCUT2D eigenvalue weighted by atomic mass is 16.5. The predicted octanol–water partition coefficient (Wildman–Crippen LogP) is 2.50. The minimum absolute atomic E-state index is 0.00530. The standard InChI is InChI=1S/C39H66N6O7/c1-12-25(6)34(44(9)39(50)33(24(4)5)43-38(49)32(41-8)23(2)3)30(51-10)22-31(46)45-20-16-19-29(45)35(52-11)26(7)37(48)42-28(36(40)47)21-27-17-14-13-15-18-27/h13-15,17-18,23-26,28-30,32-35,41H,12,16,19-22H2,1-11H3,(H2,40,47)(H,42,48)(H,43,49)/t25-,26+,28-,29-,30+,32-,33-,34-,35+/m0/s1. The lowest BCUT2D eigenvalue weighted by atomic mass is 9.89. The first-order valence-electron chi connectivity index (χ1n) is 18.8. The van der Waals surface area contributed by atoms with Crippen LogP contribution in [0, 0.1) is 23.7 Å². The monoisotopic (exact) mass is 730 g/mol. The number of methoxy groups -OCH3 is 2. The number of hydrogen-bond acceptors (Lipinski definition) is 8. The second kappa shape index (κ2) is 21.2. The zero-order valence-electron chi connectivity index (χ0n) is 33.3. The van der Waals surface area contributed by atoms with Gasteiger partial charge < -0.3 is 41.0 Å². The van der Waals surface area contributed by atoms with Gasteiger partial charge in [-0.05, 0) is 43.2 Å². The van der Waals surface area contributed by atoms with Crippen molar-refractivity contribution in [2.24, 2.45) is 29.4 Å². The lowest BCUT2D eigenvalue weighted by molar-refractivity contribution is -0.148. The van der Waals surface area contributed by atoms with E-state index >= 15 is 0 Å². The van der Waals surface area contributed by atoms with Gasteiger partial charge in [-0.15, -0.1) is 0 Å². The van der Waals surface area contributed by atoms with E-state index in [9.17, 15) is 24.0 Å². The molecule has 0 unspecified atom stereocenters. The summed E-state index contributed by atoms with van der Waals surface area (Å²) in [4.78, 5) is 70.6. The number of carbonyl (C=O) groups excluding carboxylic acids is 5. The molecule has 1 aliphatic rings. The summed E-state index contributed by atoms with van der Waals surface area (Å²) < 4.78 is 11.9. The number of ether oxygens (including phenoxy) is 2. The van der Waals surface area contributed by atoms with E-state index in [0.717, 1.165) is 18.4 Å². The van der Waals surface area contributed by atoms with Crippen molar-refractivity contribution in [1.82, 2.24) is 25.8 Å². The van der Waals surface area contributed by atoms with Crippen LogP contribution in [0.25, 0.3) is 0 Å². The summed E-state index contributed by atoms with van der Waals surface area (Å²) >= 11 is 0. The maximum absolute atomic E-state index is 14.1. The summed E-state index contributed by atoms with van der Waals surface area (Å²) in [6, 6.07) is 6.34. The van der Waals surface area contributed by atoms with Crippen molar-refractivity contribution >= 4 is 29.5 Å². The first-order chi connectivity index (χ1) is 24.5. The molecule has 0 aliphatic carbocycles. The normalized spacial score (nSPS) is 19.2. The van der Waals surface area contributed by atoms with Crippen molar-refractivity contribution in [2.45, 2.75) is 123 Å². The van der Waals surface area contributed by atoms with Crippen LogP contribution < -0.4 is 21.7 Å². The van der Waals surface area contributed by atoms with E-state index in [-0.39, 0.29) is 60.3 Å². The molecule has 0 bridgehead atoms. The summed E-state index contributed by atoms with van der Waals surface area (Å²) in [6.07, 6.45) is 1.07. The molecule has 0 radical (unpaired) electrons. The Bertz CT molecular complexity index is 1310. The van der Waals surface area contributed by atoms with Gasteiger partial charge in [-0.25, -0.2) is 0 Å². The maximum atomic E-state index is 14.1. The molecular weight excluding hydrogens is 664 g/mol. The number of likely N-dealkylation sites (tertiary alicyclic amines) is 1. The molecule has 5 N–H and O–H groups in total. The first-order valence-corrected chi connectivity index (χ1v) is 18.8. The minimum atomic E-state index is -0.903. The third-order valence-electron chi connectivity index (χ3n) is 10.7. The third-order valence-corrected chi connectivity index (χ3v) is 10.7. The fraction of sp³-hybridized carbons (Fsp3) is 0.718. The highest BCUT2D eigenvalue weighted by Crippen LogP contribution is 2.29. The van der Waals surface area contributed by atoms with Crippen molar-refractivity contribution < 1.29 is 33.4 Å². The molecule has 1 aromatic carbocycles. The van der Waals surface area contributed by atoms with Crippen LogP contribution in [-0.2, 0) is 39.9 Å². The van der Waals surface area contributed by atoms with Crippen LogP contribution in [0.4, 0.5) is 0 Å². The fourth-order valence-electron chi connectivity index (χ4n) is 7.43. The number of likely N-dealkylation sites (N-methyl/N-ethyl adjacent to an activating group) is 2. The zero-order chi connectivity index (χ0) is 39.3. The topological polar surface area (TPSA) is 172 Å². The number of nitrogens with one attached hydrogen (secondary N) is 3. The van der Waals surface area contributed by atoms with Crippen LogP contribution in [0.1, 0.15) is 79.7 Å². The number of amides is 5. The van der Waals surface area contributed by atoms with Gasteiger partial charge in [0.2, 0.25) is 29.5 Å². The largest absolute Gasteiger partial charge is 0.379 e. The van der Waals surface area contributed by atoms with E-state index in [2.05, 4.69) is 16.0 Å². The van der Waals surface area contributed by atoms with E-state index < -0.39 is 48.2 Å². The van der Waals surface area contributed by atoms with Gasteiger partial charge in [-0.3, -0.25) is 24.0 Å². The Labute approximate surface area is 311 Å². The molecule has 2 rings (SSSR count). The van der Waals surface area contributed by atoms with Gasteiger partial charge >= 0.3 is 0 Å². The van der Waals surface area contributed by atoms with Gasteiger partial charge in [0, 0.05) is 34.2 Å². The molecule has 1 fully saturated rings. The Morgan fingerprint density at radius 2 is 1.54 bits per heavy atom. The van der Waals surface area contributed by atoms with Gasteiger partial charge in [0.15, 0.2) is 0 Å². The number of carbonyl (C=O) groups is 5. The van der Waals surface area contributed by atoms with Crippen LogP contribution >= 0.6 is 0 Å². The van der Waals surface area contributed by atoms with E-state index in [0.29, 0.717) is 13.0 Å². The average Bonchev–Trinajstić information content (AvgIpc) is 3.59. The quantitative estimate of drug-likeness (QED) is 0.149. The summed E-state index contributed by atoms with van der Waals surface area (Å²) in [7, 11) is 6.51. The third kappa shape index (κ3) is 11.7. The Kier molecular flexibility index (Phi) is 18.2. The zero-order valence-corrected chi connectivity index (χ0v) is 33.3. The van der Waals surface area contributed by atoms with Crippen LogP contribution in [0.3, 0.4) is 0 Å². The van der Waals surface area contributed by atoms with E-state index in [1.165, 1.54) is 7.11 Å². The lowest BCUT2D eigenvalue weighted by Gasteiger charge is -2.41. The molecule has 13 heteroatoms. The van der Waals surface area contributed by atoms with E-state index in [4.69, 9.17) is 15.2 Å². The summed E-state index contributed by atoms with van der Waals surface area (Å²) in [5, 5.41) is 8.82. The van der Waals surface area contributed by atoms with Gasteiger partial charge in [0.1, 0.15) is 12.1 Å². The Balaban J connectivity index is 2.26. The molecule has 1 saturated heterocycles. The van der Waals surface area contributed by atoms with Crippen LogP contribution in [0.15, 0.2) is 30.3 Å². The van der Waals surface area contributed by atoms with Gasteiger partial charge in [0.05, 0.1) is 42.7 Å². The summed E-state index contributed by atoms with van der Waals surface area (Å²) in [5.74, 6) is -2.57. The lowest BCUT2D eigenvalue weighted by Crippen LogP contribution is -2.59. The van der Waals surface area contributed by atoms with Gasteiger partial charge in [-0.2, -0.15) is 0 Å². The first kappa shape index (κ1) is 44.6. The molecule has 1 heterocycles. The number of rotatable bonds is 21. The Morgan fingerprint density at radius 1 is 0.923 bits per heavy atom. The second-order valence-corrected chi connectivity index (χ2v) is 15.0. The molecule has 1 aromatic rings. The molecule has 294 valence electrons. The molecule has 0 saturated carbocycles. The van der Waals surface area contributed by atoms with Gasteiger partial charge in [-0.1, -0.05) is 85.2 Å². The predicted molar refractivity (Wildman–Crippen MR) is 202 cm³/mol. The number of nitrogens with zero attached hydrogens (tertiary/aromatic N) is 2. The minimum Gasteiger partial charge on any atom is -0.379 e. The highest BCUT2D eigenvalue weighted by molar-refractivity contribution is 5.90. The SMILES string of the molecule is CC[C@H](C)[C@@H]([C@@H](CC(=O)N1CCC[C@H]1[C@H](OC)[C@@H](C)C(=O)N[C@@H](Cc1ccccc1)C(N)=O)OC)N(C)C(=O)[C@@H](NC(=O)[C@@H](NC)C(C)C)C(C)C. The van der Waals surface area contributed by atoms with Crippen molar-refractivity contribution in [3.63, 3.8) is 0 Å². The Hall–Kier alpha value is -3.55. The van der Waals surface area contributed by atoms with Gasteiger partial charge in [0.25, 0.3) is 0 Å². The summed E-state index contributed by atoms with van der Waals surface area (Å²) in [6.45, 7) is 14.0. The smallest absolute Gasteiger partial charge is 0.245 e. The molecule has 52 heavy (non-hydrogen) atoms. The van der Waals surface area contributed by atoms with Crippen LogP contribution in [0.5, 0.6) is 0 Å². The van der Waals surface area contributed by atoms with Crippen molar-refractivity contribution in [3.05, 3.63) is 35.9 Å². The maximum Gasteiger partial charge on any atom is 0.245 e. The van der Waals surface area contributed by atoms with E-state index in [1.54, 1.807) is 37.9 Å². The van der Waals surface area contributed by atoms with Crippen molar-refractivity contribution in [1.29, 1.82) is 0 Å². The Morgan fingerprint density at radius 3 is 2.04 bits per heavy atom. The molecule has 1 aliphatic heterocycles. The molecule has 9 atom stereocenters. The molecule has 13 nitrogen and oxygen atoms in total. The summed E-state index contributed by atoms with van der Waals surface area (Å²) in [5.41, 5.74) is 6.53. The number of hydrogen-bond donors (Lipinski definition) is 4. The average molecular weight is 731 g/mol. The second-order valence-electron chi connectivity index (χ2n) is 15.0. The van der Waals surface area contributed by atoms with Crippen LogP contribution in [-0.4, -0.2) is 117 Å². The fourth-order valence-corrected chi connectivity index (χ4v) is 7.43. The van der Waals surface area contributed by atoms with Crippen molar-refractivity contribution in [3.8, 4) is 0 Å².